The molecular formula is C9H11N2S. The third-order valence-corrected chi connectivity index (χ3v) is 2.69. The molecule has 0 amide bonds. The second kappa shape index (κ2) is 3.05. The smallest absolute Gasteiger partial charge is 0.188 e. The Morgan fingerprint density at radius 3 is 3.08 bits per heavy atom. The molecular weight excluding hydrogens is 168 g/mol. The van der Waals surface area contributed by atoms with E-state index in [0.29, 0.717) is 0 Å². The molecule has 0 aromatic carbocycles. The van der Waals surface area contributed by atoms with Crippen LogP contribution >= 0.6 is 11.8 Å². The number of aromatic nitrogens is 2. The van der Waals surface area contributed by atoms with Crippen LogP contribution in [0.15, 0.2) is 5.16 Å². The Morgan fingerprint density at radius 2 is 2.33 bits per heavy atom. The molecule has 1 aliphatic rings. The van der Waals surface area contributed by atoms with Gasteiger partial charge in [0, 0.05) is 11.3 Å². The molecule has 1 radical (unpaired) electrons. The lowest BCUT2D eigenvalue weighted by Crippen LogP contribution is -1.93. The average molecular weight is 179 g/mol. The van der Waals surface area contributed by atoms with Crippen LogP contribution in [0.3, 0.4) is 0 Å². The zero-order valence-corrected chi connectivity index (χ0v) is 8.11. The maximum atomic E-state index is 4.44. The van der Waals surface area contributed by atoms with Crippen LogP contribution in [0.1, 0.15) is 18.2 Å². The van der Waals surface area contributed by atoms with E-state index in [1.54, 1.807) is 11.8 Å². The van der Waals surface area contributed by atoms with Crippen LogP contribution in [0.2, 0.25) is 0 Å². The van der Waals surface area contributed by atoms with Crippen molar-refractivity contribution in [3.63, 3.8) is 0 Å². The van der Waals surface area contributed by atoms with Crippen LogP contribution < -0.4 is 0 Å². The number of nitrogens with zero attached hydrogens (tertiary/aromatic N) is 2. The van der Waals surface area contributed by atoms with Gasteiger partial charge in [0.15, 0.2) is 5.16 Å². The predicted octanol–water partition coefficient (Wildman–Crippen LogP) is 1.73. The van der Waals surface area contributed by atoms with Gasteiger partial charge in [-0.2, -0.15) is 0 Å². The molecule has 1 atom stereocenters. The monoisotopic (exact) mass is 179 g/mol. The molecule has 0 fully saturated rings. The molecule has 0 aliphatic heterocycles. The van der Waals surface area contributed by atoms with Crippen LogP contribution in [0, 0.1) is 12.1 Å². The van der Waals surface area contributed by atoms with Gasteiger partial charge >= 0.3 is 0 Å². The highest BCUT2D eigenvalue weighted by molar-refractivity contribution is 7.98. The Labute approximate surface area is 76.8 Å². The maximum Gasteiger partial charge on any atom is 0.188 e. The van der Waals surface area contributed by atoms with E-state index in [-0.39, 0.29) is 0 Å². The first-order valence-electron chi connectivity index (χ1n) is 4.11. The van der Waals surface area contributed by atoms with E-state index in [9.17, 15) is 0 Å². The molecule has 2 nitrogen and oxygen atoms in total. The summed E-state index contributed by atoms with van der Waals surface area (Å²) in [7, 11) is 0. The second-order valence-corrected chi connectivity index (χ2v) is 4.03. The lowest BCUT2D eigenvalue weighted by atomic mass is 10.1. The highest BCUT2D eigenvalue weighted by Crippen LogP contribution is 2.24. The molecule has 63 valence electrons. The first-order chi connectivity index (χ1) is 5.79. The Morgan fingerprint density at radius 1 is 1.50 bits per heavy atom. The lowest BCUT2D eigenvalue weighted by Gasteiger charge is -1.97. The topological polar surface area (TPSA) is 25.8 Å². The van der Waals surface area contributed by atoms with Gasteiger partial charge < -0.3 is 0 Å². The number of rotatable bonds is 1. The molecule has 0 N–H and O–H groups in total. The molecule has 1 aliphatic carbocycles. The van der Waals surface area contributed by atoms with Gasteiger partial charge in [-0.05, 0) is 25.0 Å². The van der Waals surface area contributed by atoms with Gasteiger partial charge in [-0.3, -0.25) is 0 Å². The zero-order chi connectivity index (χ0) is 8.55. The zero-order valence-electron chi connectivity index (χ0n) is 7.29. The van der Waals surface area contributed by atoms with Crippen molar-refractivity contribution < 1.29 is 0 Å². The van der Waals surface area contributed by atoms with Crippen molar-refractivity contribution >= 4 is 11.8 Å². The predicted molar refractivity (Wildman–Crippen MR) is 49.2 cm³/mol. The fourth-order valence-electron chi connectivity index (χ4n) is 1.56. The summed E-state index contributed by atoms with van der Waals surface area (Å²) in [5.41, 5.74) is 2.43. The lowest BCUT2D eigenvalue weighted by molar-refractivity contribution is 0.622. The molecule has 0 saturated carbocycles. The number of hydrogen-bond acceptors (Lipinski definition) is 3. The van der Waals surface area contributed by atoms with E-state index in [1.807, 2.05) is 6.26 Å². The second-order valence-electron chi connectivity index (χ2n) is 3.26. The van der Waals surface area contributed by atoms with Gasteiger partial charge in [-0.15, -0.1) is 0 Å². The Bertz CT molecular complexity index is 299. The summed E-state index contributed by atoms with van der Waals surface area (Å²) in [5.74, 6) is 0.725. The van der Waals surface area contributed by atoms with Crippen molar-refractivity contribution in [2.75, 3.05) is 6.26 Å². The molecule has 12 heavy (non-hydrogen) atoms. The fraction of sp³-hybridized carbons (Fsp3) is 0.556. The summed E-state index contributed by atoms with van der Waals surface area (Å²) in [5, 5.41) is 0.850. The van der Waals surface area contributed by atoms with Crippen LogP contribution in [0.25, 0.3) is 0 Å². The first kappa shape index (κ1) is 8.05. The highest BCUT2D eigenvalue weighted by Gasteiger charge is 2.19. The van der Waals surface area contributed by atoms with Gasteiger partial charge in [0.05, 0.1) is 6.20 Å². The van der Waals surface area contributed by atoms with Crippen molar-refractivity contribution in [2.45, 2.75) is 24.9 Å². The third kappa shape index (κ3) is 1.33. The summed E-state index contributed by atoms with van der Waals surface area (Å²) in [4.78, 5) is 8.57. The highest BCUT2D eigenvalue weighted by atomic mass is 32.2. The SMILES string of the molecule is CSc1n[c]c2c(n1)CC(C)C2. The summed E-state index contributed by atoms with van der Waals surface area (Å²) in [6, 6.07) is 0. The normalized spacial score (nSPS) is 21.0. The standard InChI is InChI=1S/C9H11N2S/c1-6-3-7-5-10-9(12-2)11-8(7)4-6/h6H,3-4H2,1-2H3. The molecule has 1 aromatic rings. The minimum Gasteiger partial charge on any atom is -0.227 e. The molecule has 2 rings (SSSR count). The van der Waals surface area contributed by atoms with Gasteiger partial charge in [0.2, 0.25) is 0 Å². The van der Waals surface area contributed by atoms with Crippen LogP contribution in [0.5, 0.6) is 0 Å². The number of fused-ring (bicyclic) bond motifs is 1. The van der Waals surface area contributed by atoms with Crippen molar-refractivity contribution in [1.29, 1.82) is 0 Å². The Balaban J connectivity index is 2.35. The number of thioether (sulfide) groups is 1. The van der Waals surface area contributed by atoms with Gasteiger partial charge in [-0.25, -0.2) is 9.97 Å². The molecule has 1 unspecified atom stereocenters. The van der Waals surface area contributed by atoms with E-state index < -0.39 is 0 Å². The molecule has 0 saturated heterocycles. The summed E-state index contributed by atoms with van der Waals surface area (Å²) >= 11 is 1.58. The fourth-order valence-corrected chi connectivity index (χ4v) is 1.90. The van der Waals surface area contributed by atoms with Gasteiger partial charge in [0.1, 0.15) is 0 Å². The van der Waals surface area contributed by atoms with Crippen LogP contribution in [0.4, 0.5) is 0 Å². The third-order valence-electron chi connectivity index (χ3n) is 2.14. The average Bonchev–Trinajstić information content (AvgIpc) is 2.43. The maximum absolute atomic E-state index is 4.44. The van der Waals surface area contributed by atoms with Crippen molar-refractivity contribution in [3.8, 4) is 0 Å². The molecule has 3 heteroatoms. The van der Waals surface area contributed by atoms with Crippen molar-refractivity contribution in [2.24, 2.45) is 5.92 Å². The minimum atomic E-state index is 0.725. The molecule has 0 bridgehead atoms. The summed E-state index contributed by atoms with van der Waals surface area (Å²) in [6.07, 6.45) is 7.26. The first-order valence-corrected chi connectivity index (χ1v) is 5.33. The van der Waals surface area contributed by atoms with Gasteiger partial charge in [-0.1, -0.05) is 18.7 Å². The van der Waals surface area contributed by atoms with E-state index in [1.165, 1.54) is 11.3 Å². The van der Waals surface area contributed by atoms with Crippen LogP contribution in [-0.4, -0.2) is 16.2 Å². The van der Waals surface area contributed by atoms with E-state index in [0.717, 1.165) is 23.9 Å². The van der Waals surface area contributed by atoms with E-state index in [4.69, 9.17) is 0 Å². The van der Waals surface area contributed by atoms with E-state index in [2.05, 4.69) is 23.1 Å². The summed E-state index contributed by atoms with van der Waals surface area (Å²) in [6.45, 7) is 2.24. The number of hydrogen-bond donors (Lipinski definition) is 0. The van der Waals surface area contributed by atoms with Crippen molar-refractivity contribution in [3.05, 3.63) is 17.5 Å². The quantitative estimate of drug-likeness (QED) is 0.485. The minimum absolute atomic E-state index is 0.725. The van der Waals surface area contributed by atoms with Gasteiger partial charge in [0.25, 0.3) is 0 Å². The largest absolute Gasteiger partial charge is 0.227 e. The Kier molecular flexibility index (Phi) is 2.05. The van der Waals surface area contributed by atoms with E-state index >= 15 is 0 Å². The molecule has 1 aromatic heterocycles. The molecule has 1 heterocycles. The van der Waals surface area contributed by atoms with Crippen LogP contribution in [-0.2, 0) is 12.8 Å². The van der Waals surface area contributed by atoms with Crippen molar-refractivity contribution in [1.82, 2.24) is 9.97 Å². The molecule has 0 spiro atoms. The summed E-state index contributed by atoms with van der Waals surface area (Å²) < 4.78 is 0. The Hall–Kier alpha value is -0.570.